The SMILES string of the molecule is C=CCCCC1CCC(C2CCC(C3=CC=C(C)CC=C3)CC2)CC1. The van der Waals surface area contributed by atoms with Crippen LogP contribution in [-0.4, -0.2) is 0 Å². The predicted octanol–water partition coefficient (Wildman–Crippen LogP) is 7.79. The molecule has 2 saturated carbocycles. The molecule has 138 valence electrons. The van der Waals surface area contributed by atoms with E-state index >= 15 is 0 Å². The van der Waals surface area contributed by atoms with E-state index in [1.165, 1.54) is 76.2 Å². The van der Waals surface area contributed by atoms with E-state index < -0.39 is 0 Å². The first kappa shape index (κ1) is 18.7. The van der Waals surface area contributed by atoms with Crippen molar-refractivity contribution in [3.8, 4) is 0 Å². The molecule has 0 atom stereocenters. The first-order valence-corrected chi connectivity index (χ1v) is 10.9. The zero-order valence-electron chi connectivity index (χ0n) is 16.4. The maximum atomic E-state index is 3.85. The third-order valence-electron chi connectivity index (χ3n) is 7.13. The van der Waals surface area contributed by atoms with Gasteiger partial charge in [0.15, 0.2) is 0 Å². The van der Waals surface area contributed by atoms with E-state index in [9.17, 15) is 0 Å². The second-order valence-corrected chi connectivity index (χ2v) is 8.90. The van der Waals surface area contributed by atoms with Gasteiger partial charge >= 0.3 is 0 Å². The molecule has 25 heavy (non-hydrogen) atoms. The van der Waals surface area contributed by atoms with Crippen molar-refractivity contribution in [2.24, 2.45) is 23.7 Å². The molecule has 0 heteroatoms. The molecule has 0 unspecified atom stereocenters. The minimum Gasteiger partial charge on any atom is -0.103 e. The van der Waals surface area contributed by atoms with E-state index in [4.69, 9.17) is 0 Å². The Morgan fingerprint density at radius 1 is 0.960 bits per heavy atom. The molecule has 0 amide bonds. The lowest BCUT2D eigenvalue weighted by Crippen LogP contribution is -2.26. The van der Waals surface area contributed by atoms with Crippen molar-refractivity contribution in [2.45, 2.75) is 84.0 Å². The average Bonchev–Trinajstić information content (AvgIpc) is 2.87. The van der Waals surface area contributed by atoms with Crippen LogP contribution in [0, 0.1) is 23.7 Å². The molecule has 0 spiro atoms. The van der Waals surface area contributed by atoms with Crippen molar-refractivity contribution in [1.82, 2.24) is 0 Å². The summed E-state index contributed by atoms with van der Waals surface area (Å²) in [5.41, 5.74) is 3.09. The minimum atomic E-state index is 0.824. The van der Waals surface area contributed by atoms with Gasteiger partial charge in [-0.1, -0.05) is 55.2 Å². The topological polar surface area (TPSA) is 0 Å². The largest absolute Gasteiger partial charge is 0.103 e. The van der Waals surface area contributed by atoms with Crippen LogP contribution in [0.15, 0.2) is 48.1 Å². The van der Waals surface area contributed by atoms with Crippen molar-refractivity contribution < 1.29 is 0 Å². The Morgan fingerprint density at radius 2 is 1.64 bits per heavy atom. The number of hydrogen-bond acceptors (Lipinski definition) is 0. The molecule has 3 aliphatic carbocycles. The molecule has 0 saturated heterocycles. The lowest BCUT2D eigenvalue weighted by molar-refractivity contribution is 0.150. The third kappa shape index (κ3) is 5.47. The monoisotopic (exact) mass is 338 g/mol. The van der Waals surface area contributed by atoms with E-state index in [1.54, 1.807) is 5.57 Å². The van der Waals surface area contributed by atoms with Gasteiger partial charge in [-0.15, -0.1) is 6.58 Å². The van der Waals surface area contributed by atoms with E-state index in [0.717, 1.165) is 30.1 Å². The van der Waals surface area contributed by atoms with Crippen molar-refractivity contribution in [2.75, 3.05) is 0 Å². The summed E-state index contributed by atoms with van der Waals surface area (Å²) in [5, 5.41) is 0. The van der Waals surface area contributed by atoms with Crippen molar-refractivity contribution in [1.29, 1.82) is 0 Å². The lowest BCUT2D eigenvalue weighted by Gasteiger charge is -2.38. The molecule has 0 heterocycles. The summed E-state index contributed by atoms with van der Waals surface area (Å²) in [7, 11) is 0. The normalized spacial score (nSPS) is 33.3. The zero-order valence-corrected chi connectivity index (χ0v) is 16.4. The van der Waals surface area contributed by atoms with Gasteiger partial charge in [-0.2, -0.15) is 0 Å². The standard InChI is InChI=1S/C25H38/c1-3-4-5-8-21-11-14-23(15-12-21)25-18-16-24(17-19-25)22-9-6-7-20(2)10-13-22/h3,6,9-10,13,21,23-25H,1,4-5,7-8,11-12,14-19H2,2H3. The molecule has 0 radical (unpaired) electrons. The zero-order chi connectivity index (χ0) is 17.5. The van der Waals surface area contributed by atoms with Crippen molar-refractivity contribution in [3.63, 3.8) is 0 Å². The molecule has 0 aromatic heterocycles. The van der Waals surface area contributed by atoms with Crippen LogP contribution in [0.3, 0.4) is 0 Å². The van der Waals surface area contributed by atoms with Gasteiger partial charge < -0.3 is 0 Å². The molecule has 0 bridgehead atoms. The molecule has 3 aliphatic rings. The summed E-state index contributed by atoms with van der Waals surface area (Å²) in [6.45, 7) is 6.10. The van der Waals surface area contributed by atoms with Gasteiger partial charge in [-0.05, 0) is 94.0 Å². The maximum absolute atomic E-state index is 3.85. The second kappa shape index (κ2) is 9.60. The quantitative estimate of drug-likeness (QED) is 0.342. The number of allylic oxidation sites excluding steroid dienone is 7. The Bertz CT molecular complexity index is 502. The lowest BCUT2D eigenvalue weighted by atomic mass is 9.68. The molecule has 0 aliphatic heterocycles. The van der Waals surface area contributed by atoms with Crippen LogP contribution in [0.4, 0.5) is 0 Å². The van der Waals surface area contributed by atoms with Crippen molar-refractivity contribution >= 4 is 0 Å². The van der Waals surface area contributed by atoms with Crippen LogP contribution in [-0.2, 0) is 0 Å². The summed E-state index contributed by atoms with van der Waals surface area (Å²) in [4.78, 5) is 0. The molecule has 0 N–H and O–H groups in total. The molecule has 0 aromatic carbocycles. The van der Waals surface area contributed by atoms with E-state index in [1.807, 2.05) is 0 Å². The Kier molecular flexibility index (Phi) is 7.20. The molecule has 2 fully saturated rings. The first-order valence-electron chi connectivity index (χ1n) is 10.9. The highest BCUT2D eigenvalue weighted by atomic mass is 14.4. The predicted molar refractivity (Wildman–Crippen MR) is 111 cm³/mol. The highest BCUT2D eigenvalue weighted by molar-refractivity contribution is 5.32. The van der Waals surface area contributed by atoms with Crippen LogP contribution < -0.4 is 0 Å². The smallest absolute Gasteiger partial charge is 0.0135 e. The Labute approximate surface area is 156 Å². The van der Waals surface area contributed by atoms with E-state index in [0.29, 0.717) is 0 Å². The summed E-state index contributed by atoms with van der Waals surface area (Å²) < 4.78 is 0. The van der Waals surface area contributed by atoms with Gasteiger partial charge in [0, 0.05) is 0 Å². The van der Waals surface area contributed by atoms with Gasteiger partial charge in [-0.3, -0.25) is 0 Å². The van der Waals surface area contributed by atoms with Crippen LogP contribution >= 0.6 is 0 Å². The summed E-state index contributed by atoms with van der Waals surface area (Å²) in [6, 6.07) is 0. The molecule has 0 aromatic rings. The fourth-order valence-electron chi connectivity index (χ4n) is 5.44. The van der Waals surface area contributed by atoms with Gasteiger partial charge in [0.25, 0.3) is 0 Å². The fourth-order valence-corrected chi connectivity index (χ4v) is 5.44. The molecular weight excluding hydrogens is 300 g/mol. The maximum Gasteiger partial charge on any atom is -0.0135 e. The highest BCUT2D eigenvalue weighted by Gasteiger charge is 2.31. The Morgan fingerprint density at radius 3 is 2.32 bits per heavy atom. The minimum absolute atomic E-state index is 0.824. The Balaban J connectivity index is 1.42. The third-order valence-corrected chi connectivity index (χ3v) is 7.13. The van der Waals surface area contributed by atoms with Crippen LogP contribution in [0.5, 0.6) is 0 Å². The summed E-state index contributed by atoms with van der Waals surface area (Å²) in [5.74, 6) is 3.91. The first-order chi connectivity index (χ1) is 12.3. The van der Waals surface area contributed by atoms with Crippen LogP contribution in [0.25, 0.3) is 0 Å². The van der Waals surface area contributed by atoms with Gasteiger partial charge in [0.1, 0.15) is 0 Å². The number of unbranched alkanes of at least 4 members (excludes halogenated alkanes) is 1. The Hall–Kier alpha value is -1.04. The van der Waals surface area contributed by atoms with E-state index in [-0.39, 0.29) is 0 Å². The van der Waals surface area contributed by atoms with Crippen molar-refractivity contribution in [3.05, 3.63) is 48.1 Å². The summed E-state index contributed by atoms with van der Waals surface area (Å²) >= 11 is 0. The second-order valence-electron chi connectivity index (χ2n) is 8.90. The molecule has 0 nitrogen and oxygen atoms in total. The van der Waals surface area contributed by atoms with E-state index in [2.05, 4.69) is 43.9 Å². The number of hydrogen-bond donors (Lipinski definition) is 0. The van der Waals surface area contributed by atoms with Crippen LogP contribution in [0.1, 0.15) is 84.0 Å². The van der Waals surface area contributed by atoms with Gasteiger partial charge in [0.2, 0.25) is 0 Å². The van der Waals surface area contributed by atoms with Gasteiger partial charge in [-0.25, -0.2) is 0 Å². The fraction of sp³-hybridized carbons (Fsp3) is 0.680. The summed E-state index contributed by atoms with van der Waals surface area (Å²) in [6.07, 6.45) is 28.6. The average molecular weight is 339 g/mol. The highest BCUT2D eigenvalue weighted by Crippen LogP contribution is 2.43. The number of rotatable bonds is 6. The van der Waals surface area contributed by atoms with Crippen LogP contribution in [0.2, 0.25) is 0 Å². The molecular formula is C25H38. The van der Waals surface area contributed by atoms with Gasteiger partial charge in [0.05, 0.1) is 0 Å². The molecule has 3 rings (SSSR count).